The van der Waals surface area contributed by atoms with Gasteiger partial charge in [-0.3, -0.25) is 9.55 Å². The molecule has 2 aromatic heterocycles. The van der Waals surface area contributed by atoms with Crippen molar-refractivity contribution in [2.24, 2.45) is 0 Å². The smallest absolute Gasteiger partial charge is 0.159 e. The Bertz CT molecular complexity index is 434. The molecule has 0 aliphatic carbocycles. The van der Waals surface area contributed by atoms with Gasteiger partial charge in [0.25, 0.3) is 0 Å². The van der Waals surface area contributed by atoms with Gasteiger partial charge in [0, 0.05) is 18.8 Å². The minimum atomic E-state index is 0.415. The lowest BCUT2D eigenvalue weighted by Crippen LogP contribution is -2.03. The summed E-state index contributed by atoms with van der Waals surface area (Å²) in [5.41, 5.74) is 5.55. The molecule has 14 heavy (non-hydrogen) atoms. The average molecular weight is 189 g/mol. The maximum Gasteiger partial charge on any atom is 0.159 e. The molecule has 72 valence electrons. The predicted octanol–water partition coefficient (Wildman–Crippen LogP) is 0.807. The van der Waals surface area contributed by atoms with E-state index in [0.717, 1.165) is 12.2 Å². The first-order chi connectivity index (χ1) is 6.81. The van der Waals surface area contributed by atoms with Crippen LogP contribution in [0.1, 0.15) is 12.7 Å². The van der Waals surface area contributed by atoms with E-state index in [4.69, 9.17) is 5.73 Å². The Morgan fingerprint density at radius 1 is 1.43 bits per heavy atom. The van der Waals surface area contributed by atoms with Crippen LogP contribution in [-0.4, -0.2) is 19.5 Å². The highest BCUT2D eigenvalue weighted by Crippen LogP contribution is 2.08. The summed E-state index contributed by atoms with van der Waals surface area (Å²) in [6, 6.07) is 0. The maximum absolute atomic E-state index is 5.55. The van der Waals surface area contributed by atoms with Gasteiger partial charge in [0.05, 0.1) is 12.4 Å². The molecule has 0 saturated heterocycles. The quantitative estimate of drug-likeness (QED) is 0.758. The van der Waals surface area contributed by atoms with Crippen molar-refractivity contribution >= 4 is 5.82 Å². The average Bonchev–Trinajstić information content (AvgIpc) is 2.65. The Morgan fingerprint density at radius 2 is 2.29 bits per heavy atom. The van der Waals surface area contributed by atoms with Crippen LogP contribution in [0.5, 0.6) is 0 Å². The number of hydrogen-bond acceptors (Lipinski definition) is 4. The van der Waals surface area contributed by atoms with Crippen molar-refractivity contribution in [1.82, 2.24) is 19.5 Å². The van der Waals surface area contributed by atoms with Crippen LogP contribution in [-0.2, 0) is 6.42 Å². The molecule has 2 aromatic rings. The van der Waals surface area contributed by atoms with Crippen LogP contribution >= 0.6 is 0 Å². The van der Waals surface area contributed by atoms with Gasteiger partial charge in [0.2, 0.25) is 0 Å². The highest BCUT2D eigenvalue weighted by molar-refractivity contribution is 5.31. The number of anilines is 1. The number of imidazole rings is 1. The number of nitrogens with zero attached hydrogens (tertiary/aromatic N) is 4. The molecule has 2 heterocycles. The Hall–Kier alpha value is -1.91. The lowest BCUT2D eigenvalue weighted by molar-refractivity contribution is 0.862. The molecule has 2 N–H and O–H groups in total. The third-order valence-electron chi connectivity index (χ3n) is 1.92. The van der Waals surface area contributed by atoms with Crippen molar-refractivity contribution in [2.45, 2.75) is 13.3 Å². The molecular weight excluding hydrogens is 178 g/mol. The molecule has 0 bridgehead atoms. The molecule has 5 nitrogen and oxygen atoms in total. The highest BCUT2D eigenvalue weighted by Gasteiger charge is 2.03. The first kappa shape index (κ1) is 8.68. The number of hydrogen-bond donors (Lipinski definition) is 1. The number of nitrogen functional groups attached to an aromatic ring is 1. The van der Waals surface area contributed by atoms with Crippen molar-refractivity contribution in [2.75, 3.05) is 5.73 Å². The molecule has 0 aromatic carbocycles. The van der Waals surface area contributed by atoms with Gasteiger partial charge in [-0.15, -0.1) is 0 Å². The second-order valence-corrected chi connectivity index (χ2v) is 2.87. The molecule has 0 saturated carbocycles. The summed E-state index contributed by atoms with van der Waals surface area (Å²) in [6.45, 7) is 2.04. The van der Waals surface area contributed by atoms with E-state index in [0.29, 0.717) is 11.6 Å². The van der Waals surface area contributed by atoms with E-state index in [1.165, 1.54) is 6.20 Å². The number of aromatic nitrogens is 4. The molecule has 0 amide bonds. The van der Waals surface area contributed by atoms with Crippen molar-refractivity contribution in [3.05, 3.63) is 30.6 Å². The van der Waals surface area contributed by atoms with E-state index in [9.17, 15) is 0 Å². The first-order valence-electron chi connectivity index (χ1n) is 4.41. The summed E-state index contributed by atoms with van der Waals surface area (Å²) in [7, 11) is 0. The SMILES string of the molecule is CCc1nccn1-c1cncc(N)n1. The number of nitrogens with two attached hydrogens (primary N) is 1. The van der Waals surface area contributed by atoms with Gasteiger partial charge < -0.3 is 5.73 Å². The zero-order valence-corrected chi connectivity index (χ0v) is 7.88. The molecule has 0 unspecified atom stereocenters. The maximum atomic E-state index is 5.55. The Morgan fingerprint density at radius 3 is 3.00 bits per heavy atom. The van der Waals surface area contributed by atoms with Crippen LogP contribution in [0.2, 0.25) is 0 Å². The normalized spacial score (nSPS) is 10.4. The molecule has 0 aliphatic rings. The summed E-state index contributed by atoms with van der Waals surface area (Å²) in [5, 5.41) is 0. The summed E-state index contributed by atoms with van der Waals surface area (Å²) < 4.78 is 1.88. The zero-order chi connectivity index (χ0) is 9.97. The minimum Gasteiger partial charge on any atom is -0.382 e. The second kappa shape index (κ2) is 3.45. The van der Waals surface area contributed by atoms with E-state index in [1.54, 1.807) is 12.4 Å². The van der Waals surface area contributed by atoms with Crippen molar-refractivity contribution < 1.29 is 0 Å². The number of aryl methyl sites for hydroxylation is 1. The Balaban J connectivity index is 2.49. The van der Waals surface area contributed by atoms with Gasteiger partial charge >= 0.3 is 0 Å². The molecule has 0 aliphatic heterocycles. The van der Waals surface area contributed by atoms with Crippen LogP contribution in [0.15, 0.2) is 24.8 Å². The first-order valence-corrected chi connectivity index (χ1v) is 4.41. The van der Waals surface area contributed by atoms with Gasteiger partial charge in [-0.2, -0.15) is 0 Å². The highest BCUT2D eigenvalue weighted by atomic mass is 15.1. The molecular formula is C9H11N5. The molecule has 2 rings (SSSR count). The predicted molar refractivity (Wildman–Crippen MR) is 52.9 cm³/mol. The van der Waals surface area contributed by atoms with Crippen LogP contribution in [0, 0.1) is 0 Å². The van der Waals surface area contributed by atoms with Crippen LogP contribution in [0.4, 0.5) is 5.82 Å². The van der Waals surface area contributed by atoms with E-state index >= 15 is 0 Å². The standard InChI is InChI=1S/C9H11N5/c1-2-8-12-3-4-14(8)9-6-11-5-7(10)13-9/h3-6H,2H2,1H3,(H2,10,13). The monoisotopic (exact) mass is 189 g/mol. The number of rotatable bonds is 2. The van der Waals surface area contributed by atoms with Crippen LogP contribution < -0.4 is 5.73 Å². The minimum absolute atomic E-state index is 0.415. The summed E-state index contributed by atoms with van der Waals surface area (Å²) in [4.78, 5) is 12.3. The van der Waals surface area contributed by atoms with E-state index in [2.05, 4.69) is 15.0 Å². The van der Waals surface area contributed by atoms with Crippen molar-refractivity contribution in [1.29, 1.82) is 0 Å². The molecule has 0 atom stereocenters. The van der Waals surface area contributed by atoms with Gasteiger partial charge in [-0.25, -0.2) is 9.97 Å². The lowest BCUT2D eigenvalue weighted by atomic mass is 10.4. The zero-order valence-electron chi connectivity index (χ0n) is 7.88. The summed E-state index contributed by atoms with van der Waals surface area (Å²) in [5.74, 6) is 2.07. The fraction of sp³-hybridized carbons (Fsp3) is 0.222. The van der Waals surface area contributed by atoms with Gasteiger partial charge in [-0.05, 0) is 0 Å². The van der Waals surface area contributed by atoms with Crippen LogP contribution in [0.3, 0.4) is 0 Å². The van der Waals surface area contributed by atoms with E-state index in [1.807, 2.05) is 17.7 Å². The molecule has 0 radical (unpaired) electrons. The summed E-state index contributed by atoms with van der Waals surface area (Å²) >= 11 is 0. The van der Waals surface area contributed by atoms with Crippen LogP contribution in [0.25, 0.3) is 5.82 Å². The molecule has 5 heteroatoms. The molecule has 0 spiro atoms. The van der Waals surface area contributed by atoms with E-state index < -0.39 is 0 Å². The van der Waals surface area contributed by atoms with Gasteiger partial charge in [-0.1, -0.05) is 6.92 Å². The van der Waals surface area contributed by atoms with E-state index in [-0.39, 0.29) is 0 Å². The lowest BCUT2D eigenvalue weighted by Gasteiger charge is -2.04. The Kier molecular flexibility index (Phi) is 2.14. The third kappa shape index (κ3) is 1.44. The second-order valence-electron chi connectivity index (χ2n) is 2.87. The van der Waals surface area contributed by atoms with Crippen molar-refractivity contribution in [3.8, 4) is 5.82 Å². The molecule has 0 fully saturated rings. The third-order valence-corrected chi connectivity index (χ3v) is 1.92. The Labute approximate surface area is 81.6 Å². The topological polar surface area (TPSA) is 69.6 Å². The van der Waals surface area contributed by atoms with Gasteiger partial charge in [0.1, 0.15) is 11.6 Å². The largest absolute Gasteiger partial charge is 0.382 e. The van der Waals surface area contributed by atoms with Gasteiger partial charge in [0.15, 0.2) is 5.82 Å². The fourth-order valence-electron chi connectivity index (χ4n) is 1.29. The summed E-state index contributed by atoms with van der Waals surface area (Å²) in [6.07, 6.45) is 7.62. The fourth-order valence-corrected chi connectivity index (χ4v) is 1.29. The van der Waals surface area contributed by atoms with Crippen molar-refractivity contribution in [3.63, 3.8) is 0 Å².